The van der Waals surface area contributed by atoms with Crippen LogP contribution >= 0.6 is 0 Å². The number of fused-ring (bicyclic) bond motifs is 5. The topological polar surface area (TPSA) is 6.48 Å². The molecule has 2 nitrogen and oxygen atoms in total. The van der Waals surface area contributed by atoms with E-state index in [1.54, 1.807) is 0 Å². The van der Waals surface area contributed by atoms with Crippen molar-refractivity contribution in [3.05, 3.63) is 291 Å². The summed E-state index contributed by atoms with van der Waals surface area (Å²) < 4.78 is 0. The average molecular weight is 1110 g/mol. The number of benzene rings is 14. The molecule has 0 spiro atoms. The minimum atomic E-state index is -1.49. The van der Waals surface area contributed by atoms with Gasteiger partial charge < -0.3 is 9.80 Å². The van der Waals surface area contributed by atoms with Crippen LogP contribution in [0.2, 0.25) is 39.3 Å². The molecule has 0 aliphatic rings. The highest BCUT2D eigenvalue weighted by Gasteiger charge is 2.25. The number of anilines is 6. The number of hydrogen-bond donors (Lipinski definition) is 0. The summed E-state index contributed by atoms with van der Waals surface area (Å²) in [5.74, 6) is 0. The van der Waals surface area contributed by atoms with E-state index in [2.05, 4.69) is 340 Å². The van der Waals surface area contributed by atoms with Gasteiger partial charge in [0.25, 0.3) is 0 Å². The van der Waals surface area contributed by atoms with Gasteiger partial charge in [-0.1, -0.05) is 268 Å². The molecule has 0 saturated carbocycles. The summed E-state index contributed by atoms with van der Waals surface area (Å²) in [5, 5.41) is 15.2. The Balaban J connectivity index is 0.924. The maximum Gasteiger partial charge on any atom is 0.0775 e. The van der Waals surface area contributed by atoms with Crippen LogP contribution in [0.1, 0.15) is 0 Å². The number of hydrogen-bond acceptors (Lipinski definition) is 2. The zero-order chi connectivity index (χ0) is 57.1. The Hall–Kier alpha value is -9.59. The maximum atomic E-state index is 2.41. The summed E-state index contributed by atoms with van der Waals surface area (Å²) in [4.78, 5) is 4.80. The molecule has 0 unspecified atom stereocenters. The van der Waals surface area contributed by atoms with E-state index in [1.807, 2.05) is 0 Å². The van der Waals surface area contributed by atoms with Crippen molar-refractivity contribution >= 4 is 115 Å². The van der Waals surface area contributed by atoms with Gasteiger partial charge in [0.05, 0.1) is 16.1 Å². The smallest absolute Gasteiger partial charge is 0.0775 e. The standard InChI is InChI=1S/C80H66N2Si2/c1-83(2,3)63-47-43-59(44-48-63)81(57-27-9-7-10-28-57)61-31-23-25-55(53-61)77-67-35-15-19-39-71(67)79(72-40-20-16-36-68(72)77)75-51-52-76(66-34-14-13-33-65(66)75)80-73-41-21-17-37-69(73)78(70-38-18-22-42-74(70)80)56-26-24-32-62(54-56)82(58-29-11-8-12-30-58)60-45-49-64(50-46-60)84(4,5)6/h7-54H,1-6H3. The zero-order valence-electron chi connectivity index (χ0n) is 48.6. The molecule has 0 aliphatic heterocycles. The SMILES string of the molecule is C[Si](C)(C)c1ccc(N(c2ccccc2)c2cccc(-c3c4ccccc4c(-c4ccc(-c5c6ccccc6c(-c6cccc(N(c7ccccc7)c7ccc([Si](C)(C)C)cc7)c6)c6ccccc56)c5ccccc45)c4ccccc34)c2)cc1. The van der Waals surface area contributed by atoms with E-state index in [1.165, 1.54) is 109 Å². The lowest BCUT2D eigenvalue weighted by atomic mass is 9.82. The Kier molecular flexibility index (Phi) is 13.3. The molecule has 0 atom stereocenters. The molecule has 84 heavy (non-hydrogen) atoms. The van der Waals surface area contributed by atoms with E-state index in [4.69, 9.17) is 0 Å². The third kappa shape index (κ3) is 9.38. The molecule has 14 aromatic rings. The lowest BCUT2D eigenvalue weighted by molar-refractivity contribution is 1.29. The number of nitrogens with zero attached hydrogens (tertiary/aromatic N) is 2. The van der Waals surface area contributed by atoms with Crippen LogP contribution in [-0.2, 0) is 0 Å². The van der Waals surface area contributed by atoms with E-state index >= 15 is 0 Å². The maximum absolute atomic E-state index is 2.41. The van der Waals surface area contributed by atoms with Gasteiger partial charge in [0.1, 0.15) is 0 Å². The fraction of sp³-hybridized carbons (Fsp3) is 0.0750. The second-order valence-electron chi connectivity index (χ2n) is 24.4. The van der Waals surface area contributed by atoms with Gasteiger partial charge in [0.2, 0.25) is 0 Å². The first kappa shape index (κ1) is 52.5. The quantitative estimate of drug-likeness (QED) is 0.0889. The molecule has 14 aromatic carbocycles. The highest BCUT2D eigenvalue weighted by Crippen LogP contribution is 2.51. The molecule has 0 bridgehead atoms. The van der Waals surface area contributed by atoms with Gasteiger partial charge in [-0.05, 0) is 171 Å². The molecule has 0 aromatic heterocycles. The Morgan fingerprint density at radius 2 is 0.452 bits per heavy atom. The highest BCUT2D eigenvalue weighted by atomic mass is 28.3. The molecule has 0 heterocycles. The molecule has 0 saturated heterocycles. The van der Waals surface area contributed by atoms with Crippen molar-refractivity contribution in [2.45, 2.75) is 39.3 Å². The fourth-order valence-corrected chi connectivity index (χ4v) is 15.4. The average Bonchev–Trinajstić information content (AvgIpc) is 2.61. The van der Waals surface area contributed by atoms with Gasteiger partial charge in [0.15, 0.2) is 0 Å². The lowest BCUT2D eigenvalue weighted by Gasteiger charge is -2.27. The Bertz CT molecular complexity index is 4370. The van der Waals surface area contributed by atoms with Gasteiger partial charge in [0, 0.05) is 34.1 Å². The van der Waals surface area contributed by atoms with Gasteiger partial charge in [-0.25, -0.2) is 0 Å². The first-order valence-electron chi connectivity index (χ1n) is 29.5. The molecule has 0 aliphatic carbocycles. The minimum absolute atomic E-state index is 1.12. The number of para-hydroxylation sites is 2. The van der Waals surface area contributed by atoms with Crippen LogP contribution in [0.5, 0.6) is 0 Å². The summed E-state index contributed by atoms with van der Waals surface area (Å²) in [6, 6.07) is 109. The second-order valence-corrected chi connectivity index (χ2v) is 34.6. The van der Waals surface area contributed by atoms with Crippen LogP contribution in [-0.4, -0.2) is 16.1 Å². The van der Waals surface area contributed by atoms with Gasteiger partial charge >= 0.3 is 0 Å². The number of rotatable bonds is 12. The normalized spacial score (nSPS) is 11.9. The van der Waals surface area contributed by atoms with E-state index in [9.17, 15) is 0 Å². The van der Waals surface area contributed by atoms with Crippen molar-refractivity contribution in [2.24, 2.45) is 0 Å². The van der Waals surface area contributed by atoms with Crippen LogP contribution in [0.3, 0.4) is 0 Å². The minimum Gasteiger partial charge on any atom is -0.310 e. The van der Waals surface area contributed by atoms with Crippen molar-refractivity contribution in [2.75, 3.05) is 9.80 Å². The Morgan fingerprint density at radius 1 is 0.202 bits per heavy atom. The van der Waals surface area contributed by atoms with Crippen LogP contribution in [0.15, 0.2) is 291 Å². The third-order valence-corrected chi connectivity index (χ3v) is 21.3. The van der Waals surface area contributed by atoms with Crippen molar-refractivity contribution in [1.82, 2.24) is 0 Å². The monoisotopic (exact) mass is 1110 g/mol. The van der Waals surface area contributed by atoms with Crippen LogP contribution in [0.4, 0.5) is 34.1 Å². The summed E-state index contributed by atoms with van der Waals surface area (Å²) in [6.45, 7) is 14.5. The molecule has 0 fully saturated rings. The van der Waals surface area contributed by atoms with Gasteiger partial charge in [-0.3, -0.25) is 0 Å². The first-order valence-corrected chi connectivity index (χ1v) is 36.5. The Labute approximate surface area is 496 Å². The van der Waals surface area contributed by atoms with E-state index < -0.39 is 16.1 Å². The highest BCUT2D eigenvalue weighted by molar-refractivity contribution is 6.89. The fourth-order valence-electron chi connectivity index (χ4n) is 13.1. The van der Waals surface area contributed by atoms with Crippen LogP contribution < -0.4 is 20.2 Å². The van der Waals surface area contributed by atoms with E-state index in [0.29, 0.717) is 0 Å². The molecule has 4 heteroatoms. The van der Waals surface area contributed by atoms with E-state index in [-0.39, 0.29) is 0 Å². The molecule has 14 rings (SSSR count). The lowest BCUT2D eigenvalue weighted by Crippen LogP contribution is -2.37. The van der Waals surface area contributed by atoms with Crippen molar-refractivity contribution < 1.29 is 0 Å². The van der Waals surface area contributed by atoms with Crippen LogP contribution in [0, 0.1) is 0 Å². The summed E-state index contributed by atoms with van der Waals surface area (Å²) >= 11 is 0. The first-order chi connectivity index (χ1) is 41.0. The predicted molar refractivity (Wildman–Crippen MR) is 371 cm³/mol. The zero-order valence-corrected chi connectivity index (χ0v) is 50.6. The van der Waals surface area contributed by atoms with E-state index in [0.717, 1.165) is 34.1 Å². The molecular formula is C80H66N2Si2. The second kappa shape index (κ2) is 21.3. The molecule has 0 amide bonds. The molecule has 0 radical (unpaired) electrons. The van der Waals surface area contributed by atoms with Gasteiger partial charge in [-0.2, -0.15) is 0 Å². The van der Waals surface area contributed by atoms with Crippen LogP contribution in [0.25, 0.3) is 98.4 Å². The molecule has 0 N–H and O–H groups in total. The summed E-state index contributed by atoms with van der Waals surface area (Å²) in [6.07, 6.45) is 0. The van der Waals surface area contributed by atoms with Gasteiger partial charge in [-0.15, -0.1) is 0 Å². The van der Waals surface area contributed by atoms with Crippen molar-refractivity contribution in [3.8, 4) is 44.5 Å². The predicted octanol–water partition coefficient (Wildman–Crippen LogP) is 22.2. The van der Waals surface area contributed by atoms with Crippen molar-refractivity contribution in [1.29, 1.82) is 0 Å². The third-order valence-electron chi connectivity index (χ3n) is 17.1. The Morgan fingerprint density at radius 3 is 0.750 bits per heavy atom. The van der Waals surface area contributed by atoms with Crippen molar-refractivity contribution in [3.63, 3.8) is 0 Å². The molecular weight excluding hydrogens is 1050 g/mol. The summed E-state index contributed by atoms with van der Waals surface area (Å²) in [7, 11) is -2.99. The molecule has 404 valence electrons. The summed E-state index contributed by atoms with van der Waals surface area (Å²) in [5.41, 5.74) is 16.6. The largest absolute Gasteiger partial charge is 0.310 e.